The summed E-state index contributed by atoms with van der Waals surface area (Å²) in [6.07, 6.45) is 0.468. The second-order valence-corrected chi connectivity index (χ2v) is 13.9. The Morgan fingerprint density at radius 3 is 0.607 bits per heavy atom. The van der Waals surface area contributed by atoms with Gasteiger partial charge < -0.3 is 5.73 Å². The van der Waals surface area contributed by atoms with E-state index < -0.39 is 144 Å². The Kier molecular flexibility index (Phi) is 10.4. The van der Waals surface area contributed by atoms with Crippen LogP contribution in [0.3, 0.4) is 0 Å². The zero-order chi connectivity index (χ0) is 41.8. The minimum atomic E-state index is -7.22. The first-order valence-corrected chi connectivity index (χ1v) is 16.1. The number of hydrogen-bond donors (Lipinski definition) is 1. The summed E-state index contributed by atoms with van der Waals surface area (Å²) in [5, 5.41) is 0. The van der Waals surface area contributed by atoms with E-state index in [2.05, 4.69) is 5.73 Å². The minimum absolute atomic E-state index is 0.836. The maximum Gasteiger partial charge on any atom is 0.200 e. The molecule has 4 aliphatic rings. The van der Waals surface area contributed by atoms with Crippen molar-refractivity contribution in [3.8, 4) is 0 Å². The van der Waals surface area contributed by atoms with Crippen LogP contribution in [0.4, 0.5) is 87.8 Å². The zero-order valence-corrected chi connectivity index (χ0v) is 27.3. The first-order chi connectivity index (χ1) is 26.0. The van der Waals surface area contributed by atoms with Crippen molar-refractivity contribution in [3.63, 3.8) is 0 Å². The molecule has 1 nitrogen and oxygen atoms in total. The summed E-state index contributed by atoms with van der Waals surface area (Å²) in [5.41, 5.74) is -9.99. The smallest absolute Gasteiger partial charge is 0.200 e. The van der Waals surface area contributed by atoms with Crippen LogP contribution in [0, 0.1) is 140 Å². The second kappa shape index (κ2) is 14.2. The molecule has 4 bridgehead atoms. The molecule has 0 heterocycles. The minimum Gasteiger partial charge on any atom is -0.355 e. The van der Waals surface area contributed by atoms with E-state index in [1.807, 2.05) is 0 Å². The van der Waals surface area contributed by atoms with E-state index in [1.54, 1.807) is 6.42 Å². The maximum atomic E-state index is 15.4. The van der Waals surface area contributed by atoms with Gasteiger partial charge in [-0.2, -0.15) is 0 Å². The maximum absolute atomic E-state index is 15.4. The molecule has 4 saturated carbocycles. The van der Waals surface area contributed by atoms with Gasteiger partial charge in [-0.05, 0) is 43.9 Å². The van der Waals surface area contributed by atoms with E-state index in [9.17, 15) is 52.7 Å². The van der Waals surface area contributed by atoms with Crippen molar-refractivity contribution in [1.82, 2.24) is 0 Å². The van der Waals surface area contributed by atoms with E-state index in [4.69, 9.17) is 0 Å². The lowest BCUT2D eigenvalue weighted by molar-refractivity contribution is -0.463. The Labute approximate surface area is 300 Å². The summed E-state index contributed by atoms with van der Waals surface area (Å²) in [6.45, 7) is 0. The Balaban J connectivity index is 0.000000405. The number of quaternary nitrogens is 1. The molecule has 4 aromatic rings. The Hall–Kier alpha value is -4.50. The van der Waals surface area contributed by atoms with Crippen LogP contribution in [0.2, 0.25) is 0 Å². The lowest BCUT2D eigenvalue weighted by atomic mass is 9.12. The van der Waals surface area contributed by atoms with E-state index >= 15 is 35.1 Å². The third-order valence-electron chi connectivity index (χ3n) is 11.1. The van der Waals surface area contributed by atoms with Gasteiger partial charge in [0.25, 0.3) is 0 Å². The third-order valence-corrected chi connectivity index (χ3v) is 11.1. The van der Waals surface area contributed by atoms with Gasteiger partial charge in [0, 0.05) is 11.8 Å². The van der Waals surface area contributed by atoms with Crippen molar-refractivity contribution >= 4 is 28.0 Å². The van der Waals surface area contributed by atoms with Gasteiger partial charge in [0.2, 0.25) is 0 Å². The fraction of sp³-hybridized carbons (Fsp3) is 0.294. The van der Waals surface area contributed by atoms with Crippen LogP contribution in [-0.2, 0) is 0 Å². The van der Waals surface area contributed by atoms with Crippen molar-refractivity contribution in [1.29, 1.82) is 0 Å². The van der Waals surface area contributed by atoms with Crippen molar-refractivity contribution in [2.45, 2.75) is 38.1 Å². The van der Waals surface area contributed by atoms with Gasteiger partial charge >= 0.3 is 0 Å². The lowest BCUT2D eigenvalue weighted by Gasteiger charge is -2.51. The van der Waals surface area contributed by atoms with Crippen molar-refractivity contribution in [3.05, 3.63) is 116 Å². The number of benzene rings is 4. The second-order valence-electron chi connectivity index (χ2n) is 13.9. The molecule has 302 valence electrons. The Morgan fingerprint density at radius 2 is 0.429 bits per heavy atom. The Bertz CT molecular complexity index is 1900. The van der Waals surface area contributed by atoms with Crippen molar-refractivity contribution in [2.24, 2.45) is 23.7 Å². The molecule has 22 heteroatoms. The van der Waals surface area contributed by atoms with E-state index in [-0.39, 0.29) is 0 Å². The predicted molar refractivity (Wildman–Crippen MR) is 153 cm³/mol. The fourth-order valence-electron chi connectivity index (χ4n) is 8.91. The highest BCUT2D eigenvalue weighted by molar-refractivity contribution is 7.20. The summed E-state index contributed by atoms with van der Waals surface area (Å²) in [7, 11) is 0. The monoisotopic (exact) mass is 831 g/mol. The summed E-state index contributed by atoms with van der Waals surface area (Å²) >= 11 is 0. The highest BCUT2D eigenvalue weighted by atomic mass is 19.2. The van der Waals surface area contributed by atoms with Crippen LogP contribution in [0.1, 0.15) is 32.1 Å². The number of halogens is 20. The van der Waals surface area contributed by atoms with Crippen molar-refractivity contribution < 1.29 is 93.5 Å². The van der Waals surface area contributed by atoms with Gasteiger partial charge in [-0.3, -0.25) is 0 Å². The van der Waals surface area contributed by atoms with Gasteiger partial charge in [0.05, 0.1) is 6.04 Å². The van der Waals surface area contributed by atoms with Gasteiger partial charge in [-0.15, -0.1) is 21.9 Å². The molecule has 0 aromatic heterocycles. The summed E-state index contributed by atoms with van der Waals surface area (Å²) < 4.78 is 294. The highest BCUT2D eigenvalue weighted by Crippen LogP contribution is 2.52. The van der Waals surface area contributed by atoms with Gasteiger partial charge in [0.1, 0.15) is 52.7 Å². The van der Waals surface area contributed by atoms with Crippen molar-refractivity contribution in [2.75, 3.05) is 0 Å². The standard InChI is InChI=1S/C24BF20.C10H17N/c26-5-1(6(27)14(35)21(42)13(5)34)25(2-7(28)15(36)22(43)16(37)8(2)29,3-9(30)17(38)23(44)18(39)10(3)31)4-11(32)19(40)24(45)20(41)12(4)33;11-10-8-2-6-1-7(4-8)5-9(10)3-6/h;6-10H,1-5,11H2/q-1;/p+1. The average molecular weight is 831 g/mol. The molecule has 8 rings (SSSR count). The lowest BCUT2D eigenvalue weighted by Crippen LogP contribution is -2.81. The molecule has 0 unspecified atom stereocenters. The molecular formula is C34H18BF20N. The first-order valence-electron chi connectivity index (χ1n) is 16.1. The topological polar surface area (TPSA) is 27.6 Å². The van der Waals surface area contributed by atoms with Crippen LogP contribution in [-0.4, -0.2) is 12.2 Å². The molecule has 3 N–H and O–H groups in total. The molecule has 0 spiro atoms. The first kappa shape index (κ1) is 41.1. The third kappa shape index (κ3) is 5.66. The van der Waals surface area contributed by atoms with Crippen LogP contribution < -0.4 is 27.6 Å². The summed E-state index contributed by atoms with van der Waals surface area (Å²) in [5.74, 6) is -67.1. The number of rotatable bonds is 4. The SMILES string of the molecule is Fc1c(F)c(F)c([B-](c2c(F)c(F)c(F)c(F)c2F)(c2c(F)c(F)c(F)c(F)c2F)c2c(F)c(F)c(F)c(F)c2F)c(F)c1F.[NH3+]C1C2CC3CC(C2)CC1C3. The average Bonchev–Trinajstić information content (AvgIpc) is 3.16. The molecule has 0 amide bonds. The quantitative estimate of drug-likeness (QED) is 0.101. The molecular weight excluding hydrogens is 813 g/mol. The summed E-state index contributed by atoms with van der Waals surface area (Å²) in [4.78, 5) is 0. The zero-order valence-electron chi connectivity index (χ0n) is 27.3. The summed E-state index contributed by atoms with van der Waals surface area (Å²) in [6, 6.07) is 0.836. The van der Waals surface area contributed by atoms with E-state index in [0.717, 1.165) is 29.7 Å². The molecule has 4 aliphatic carbocycles. The molecule has 0 aliphatic heterocycles. The molecule has 0 saturated heterocycles. The molecule has 4 aromatic carbocycles. The van der Waals surface area contributed by atoms with Gasteiger partial charge in [-0.1, -0.05) is 0 Å². The predicted octanol–water partition coefficient (Wildman–Crippen LogP) is 6.90. The van der Waals surface area contributed by atoms with Crippen LogP contribution in [0.15, 0.2) is 0 Å². The molecule has 4 fully saturated rings. The van der Waals surface area contributed by atoms with E-state index in [0.29, 0.717) is 0 Å². The van der Waals surface area contributed by atoms with E-state index in [1.165, 1.54) is 25.7 Å². The van der Waals surface area contributed by atoms with Gasteiger partial charge in [-0.25, -0.2) is 87.8 Å². The van der Waals surface area contributed by atoms with Crippen LogP contribution >= 0.6 is 0 Å². The van der Waals surface area contributed by atoms with Crippen LogP contribution in [0.25, 0.3) is 0 Å². The molecule has 0 radical (unpaired) electrons. The number of hydrogen-bond acceptors (Lipinski definition) is 0. The highest BCUT2D eigenvalue weighted by Gasteiger charge is 2.53. The van der Waals surface area contributed by atoms with Gasteiger partial charge in [0.15, 0.2) is 69.8 Å². The van der Waals surface area contributed by atoms with Crippen LogP contribution in [0.5, 0.6) is 0 Å². The normalized spacial score (nSPS) is 21.5. The fourth-order valence-corrected chi connectivity index (χ4v) is 8.91. The Morgan fingerprint density at radius 1 is 0.268 bits per heavy atom. The molecule has 56 heavy (non-hydrogen) atoms. The molecule has 0 atom stereocenters. The largest absolute Gasteiger partial charge is 0.355 e.